The molecule has 1 saturated heterocycles. The quantitative estimate of drug-likeness (QED) is 0.715. The van der Waals surface area contributed by atoms with Gasteiger partial charge >= 0.3 is 0 Å². The van der Waals surface area contributed by atoms with Crippen LogP contribution in [0.1, 0.15) is 32.1 Å². The number of rotatable bonds is 3. The highest BCUT2D eigenvalue weighted by Crippen LogP contribution is 2.47. The van der Waals surface area contributed by atoms with Gasteiger partial charge < -0.3 is 15.2 Å². The van der Waals surface area contributed by atoms with Crippen LogP contribution in [-0.4, -0.2) is 31.5 Å². The molecule has 0 amide bonds. The smallest absolute Gasteiger partial charge is 0.0736 e. The second kappa shape index (κ2) is 3.56. The molecular formula is C10H19NO2. The number of hydrogen-bond donors (Lipinski definition) is 1. The van der Waals surface area contributed by atoms with Crippen molar-refractivity contribution in [1.82, 2.24) is 0 Å². The van der Waals surface area contributed by atoms with Crippen LogP contribution in [0.2, 0.25) is 0 Å². The standard InChI is InChI=1S/C10H19NO2/c1-12-9-6-10(7-9)4-2-8(13-10)3-5-11/h8-9H,2-7,11H2,1H3. The first kappa shape index (κ1) is 9.44. The van der Waals surface area contributed by atoms with E-state index in [9.17, 15) is 0 Å². The van der Waals surface area contributed by atoms with Crippen LogP contribution in [0.5, 0.6) is 0 Å². The van der Waals surface area contributed by atoms with Crippen molar-refractivity contribution in [2.75, 3.05) is 13.7 Å². The van der Waals surface area contributed by atoms with Crippen LogP contribution in [0, 0.1) is 0 Å². The molecule has 0 aromatic heterocycles. The summed E-state index contributed by atoms with van der Waals surface area (Å²) in [6.45, 7) is 0.744. The lowest BCUT2D eigenvalue weighted by molar-refractivity contribution is -0.156. The van der Waals surface area contributed by atoms with E-state index in [0.29, 0.717) is 12.2 Å². The molecule has 0 aromatic rings. The van der Waals surface area contributed by atoms with E-state index >= 15 is 0 Å². The minimum absolute atomic E-state index is 0.181. The lowest BCUT2D eigenvalue weighted by Gasteiger charge is -2.43. The first-order chi connectivity index (χ1) is 6.28. The van der Waals surface area contributed by atoms with Gasteiger partial charge in [-0.05, 0) is 25.8 Å². The van der Waals surface area contributed by atoms with Gasteiger partial charge in [0.2, 0.25) is 0 Å². The van der Waals surface area contributed by atoms with E-state index < -0.39 is 0 Å². The molecule has 13 heavy (non-hydrogen) atoms. The van der Waals surface area contributed by atoms with E-state index in [0.717, 1.165) is 25.8 Å². The van der Waals surface area contributed by atoms with Crippen LogP contribution in [0.15, 0.2) is 0 Å². The van der Waals surface area contributed by atoms with Gasteiger partial charge in [-0.2, -0.15) is 0 Å². The average molecular weight is 185 g/mol. The molecule has 1 unspecified atom stereocenters. The van der Waals surface area contributed by atoms with Crippen LogP contribution in [0.4, 0.5) is 0 Å². The Balaban J connectivity index is 1.79. The van der Waals surface area contributed by atoms with E-state index in [-0.39, 0.29) is 5.60 Å². The van der Waals surface area contributed by atoms with Gasteiger partial charge in [0, 0.05) is 20.0 Å². The minimum Gasteiger partial charge on any atom is -0.381 e. The zero-order valence-electron chi connectivity index (χ0n) is 8.29. The van der Waals surface area contributed by atoms with E-state index in [1.54, 1.807) is 7.11 Å². The Morgan fingerprint density at radius 1 is 1.54 bits per heavy atom. The Hall–Kier alpha value is -0.120. The molecule has 2 N–H and O–H groups in total. The number of methoxy groups -OCH3 is 1. The zero-order chi connectivity index (χ0) is 9.31. The second-order valence-corrected chi connectivity index (χ2v) is 4.30. The third-order valence-electron chi connectivity index (χ3n) is 3.36. The summed E-state index contributed by atoms with van der Waals surface area (Å²) in [5.41, 5.74) is 5.69. The Morgan fingerprint density at radius 2 is 2.31 bits per heavy atom. The van der Waals surface area contributed by atoms with E-state index in [2.05, 4.69) is 0 Å². The molecule has 1 heterocycles. The third kappa shape index (κ3) is 1.73. The lowest BCUT2D eigenvalue weighted by atomic mass is 9.75. The highest BCUT2D eigenvalue weighted by molar-refractivity contribution is 5.01. The first-order valence-corrected chi connectivity index (χ1v) is 5.19. The van der Waals surface area contributed by atoms with Crippen LogP contribution < -0.4 is 5.73 Å². The van der Waals surface area contributed by atoms with Crippen LogP contribution >= 0.6 is 0 Å². The molecule has 1 aliphatic carbocycles. The third-order valence-corrected chi connectivity index (χ3v) is 3.36. The number of nitrogens with two attached hydrogens (primary N) is 1. The molecular weight excluding hydrogens is 166 g/mol. The Bertz CT molecular complexity index is 178. The van der Waals surface area contributed by atoms with Crippen molar-refractivity contribution in [3.63, 3.8) is 0 Å². The van der Waals surface area contributed by atoms with Crippen molar-refractivity contribution >= 4 is 0 Å². The Labute approximate surface area is 79.6 Å². The zero-order valence-corrected chi connectivity index (χ0v) is 8.29. The van der Waals surface area contributed by atoms with Crippen molar-refractivity contribution in [1.29, 1.82) is 0 Å². The molecule has 76 valence electrons. The molecule has 2 aliphatic rings. The maximum absolute atomic E-state index is 6.00. The van der Waals surface area contributed by atoms with Gasteiger partial charge in [-0.3, -0.25) is 0 Å². The predicted molar refractivity (Wildman–Crippen MR) is 50.5 cm³/mol. The van der Waals surface area contributed by atoms with Gasteiger partial charge in [-0.1, -0.05) is 0 Å². The fourth-order valence-electron chi connectivity index (χ4n) is 2.52. The Kier molecular flexibility index (Phi) is 2.58. The highest BCUT2D eigenvalue weighted by Gasteiger charge is 2.50. The van der Waals surface area contributed by atoms with Crippen molar-refractivity contribution in [2.45, 2.75) is 49.9 Å². The number of hydrogen-bond acceptors (Lipinski definition) is 3. The summed E-state index contributed by atoms with van der Waals surface area (Å²) in [6.07, 6.45) is 6.44. The van der Waals surface area contributed by atoms with Gasteiger partial charge in [0.15, 0.2) is 0 Å². The molecule has 0 bridgehead atoms. The van der Waals surface area contributed by atoms with E-state index in [4.69, 9.17) is 15.2 Å². The molecule has 2 fully saturated rings. The number of ether oxygens (including phenoxy) is 2. The first-order valence-electron chi connectivity index (χ1n) is 5.19. The molecule has 0 aromatic carbocycles. The summed E-state index contributed by atoms with van der Waals surface area (Å²) in [5.74, 6) is 0. The molecule has 2 rings (SSSR count). The second-order valence-electron chi connectivity index (χ2n) is 4.30. The molecule has 1 spiro atoms. The van der Waals surface area contributed by atoms with Gasteiger partial charge in [0.1, 0.15) is 0 Å². The van der Waals surface area contributed by atoms with Gasteiger partial charge in [0.25, 0.3) is 0 Å². The maximum Gasteiger partial charge on any atom is 0.0736 e. The molecule has 1 saturated carbocycles. The average Bonchev–Trinajstić information content (AvgIpc) is 2.46. The predicted octanol–water partition coefficient (Wildman–Crippen LogP) is 1.06. The van der Waals surface area contributed by atoms with Crippen molar-refractivity contribution in [3.05, 3.63) is 0 Å². The molecule has 1 aliphatic heterocycles. The fourth-order valence-corrected chi connectivity index (χ4v) is 2.52. The van der Waals surface area contributed by atoms with Crippen LogP contribution in [-0.2, 0) is 9.47 Å². The van der Waals surface area contributed by atoms with Crippen molar-refractivity contribution in [3.8, 4) is 0 Å². The molecule has 3 nitrogen and oxygen atoms in total. The highest BCUT2D eigenvalue weighted by atomic mass is 16.5. The van der Waals surface area contributed by atoms with Crippen molar-refractivity contribution in [2.24, 2.45) is 5.73 Å². The topological polar surface area (TPSA) is 44.5 Å². The Morgan fingerprint density at radius 3 is 2.92 bits per heavy atom. The van der Waals surface area contributed by atoms with Gasteiger partial charge in [0.05, 0.1) is 17.8 Å². The van der Waals surface area contributed by atoms with Crippen LogP contribution in [0.25, 0.3) is 0 Å². The summed E-state index contributed by atoms with van der Waals surface area (Å²) < 4.78 is 11.3. The summed E-state index contributed by atoms with van der Waals surface area (Å²) in [4.78, 5) is 0. The summed E-state index contributed by atoms with van der Waals surface area (Å²) in [6, 6.07) is 0. The van der Waals surface area contributed by atoms with E-state index in [1.807, 2.05) is 0 Å². The monoisotopic (exact) mass is 185 g/mol. The maximum atomic E-state index is 6.00. The van der Waals surface area contributed by atoms with Gasteiger partial charge in [-0.25, -0.2) is 0 Å². The minimum atomic E-state index is 0.181. The molecule has 0 radical (unpaired) electrons. The largest absolute Gasteiger partial charge is 0.381 e. The SMILES string of the molecule is COC1CC2(CCC(CCN)O2)C1. The van der Waals surface area contributed by atoms with Gasteiger partial charge in [-0.15, -0.1) is 0 Å². The van der Waals surface area contributed by atoms with Crippen LogP contribution in [0.3, 0.4) is 0 Å². The molecule has 1 atom stereocenters. The van der Waals surface area contributed by atoms with E-state index in [1.165, 1.54) is 12.8 Å². The normalized spacial score (nSPS) is 43.8. The summed E-state index contributed by atoms with van der Waals surface area (Å²) in [5, 5.41) is 0. The van der Waals surface area contributed by atoms with Crippen molar-refractivity contribution < 1.29 is 9.47 Å². The fraction of sp³-hybridized carbons (Fsp3) is 1.00. The lowest BCUT2D eigenvalue weighted by Crippen LogP contribution is -2.48. The molecule has 3 heteroatoms. The summed E-state index contributed by atoms with van der Waals surface area (Å²) >= 11 is 0. The summed E-state index contributed by atoms with van der Waals surface area (Å²) in [7, 11) is 1.78.